The molecule has 2 aromatic rings. The molecule has 0 saturated heterocycles. The van der Waals surface area contributed by atoms with Gasteiger partial charge in [0.2, 0.25) is 0 Å². The van der Waals surface area contributed by atoms with Gasteiger partial charge in [0.25, 0.3) is 0 Å². The van der Waals surface area contributed by atoms with E-state index < -0.39 is 0 Å². The third-order valence-electron chi connectivity index (χ3n) is 2.75. The van der Waals surface area contributed by atoms with Crippen LogP contribution in [0.1, 0.15) is 5.82 Å². The van der Waals surface area contributed by atoms with Crippen LogP contribution in [0.5, 0.6) is 5.75 Å². The number of benzene rings is 1. The number of hydrogen-bond donors (Lipinski definition) is 1. The summed E-state index contributed by atoms with van der Waals surface area (Å²) in [5.74, 6) is 1.64. The molecule has 0 unspecified atom stereocenters. The van der Waals surface area contributed by atoms with Gasteiger partial charge in [-0.25, -0.2) is 4.98 Å². The first kappa shape index (κ1) is 13.1. The molecule has 0 aliphatic rings. The van der Waals surface area contributed by atoms with Crippen LogP contribution < -0.4 is 4.74 Å². The van der Waals surface area contributed by atoms with Crippen molar-refractivity contribution in [2.24, 2.45) is 7.05 Å². The predicted molar refractivity (Wildman–Crippen MR) is 73.7 cm³/mol. The summed E-state index contributed by atoms with van der Waals surface area (Å²) in [7, 11) is 3.57. The van der Waals surface area contributed by atoms with E-state index in [1.165, 1.54) is 0 Å². The van der Waals surface area contributed by atoms with Gasteiger partial charge < -0.3 is 14.4 Å². The highest BCUT2D eigenvalue weighted by molar-refractivity contribution is 9.10. The Labute approximate surface area is 114 Å². The highest BCUT2D eigenvalue weighted by Gasteiger charge is 2.12. The number of aliphatic hydroxyl groups excluding tert-OH is 1. The summed E-state index contributed by atoms with van der Waals surface area (Å²) in [5, 5.41) is 8.98. The van der Waals surface area contributed by atoms with E-state index in [1.807, 2.05) is 36.0 Å². The summed E-state index contributed by atoms with van der Waals surface area (Å²) in [6.45, 7) is 0.0971. The zero-order valence-electron chi connectivity index (χ0n) is 10.4. The number of halogens is 1. The first-order valence-electron chi connectivity index (χ1n) is 5.62. The number of aromatic nitrogens is 2. The van der Waals surface area contributed by atoms with E-state index in [-0.39, 0.29) is 6.61 Å². The summed E-state index contributed by atoms with van der Waals surface area (Å²) in [5.41, 5.74) is 1.78. The molecule has 0 aliphatic heterocycles. The lowest BCUT2D eigenvalue weighted by molar-refractivity contribution is 0.295. The monoisotopic (exact) mass is 310 g/mol. The topological polar surface area (TPSA) is 47.3 Å². The number of hydrogen-bond acceptors (Lipinski definition) is 3. The molecule has 96 valence electrons. The molecule has 4 nitrogen and oxygen atoms in total. The highest BCUT2D eigenvalue weighted by atomic mass is 79.9. The Hall–Kier alpha value is -1.33. The van der Waals surface area contributed by atoms with E-state index >= 15 is 0 Å². The summed E-state index contributed by atoms with van der Waals surface area (Å²) in [6.07, 6.45) is 2.49. The summed E-state index contributed by atoms with van der Waals surface area (Å²) < 4.78 is 8.25. The first-order chi connectivity index (χ1) is 8.65. The molecule has 0 amide bonds. The largest absolute Gasteiger partial charge is 0.496 e. The fraction of sp³-hybridized carbons (Fsp3) is 0.308. The molecule has 2 rings (SSSR count). The van der Waals surface area contributed by atoms with Gasteiger partial charge in [0, 0.05) is 29.7 Å². The lowest BCUT2D eigenvalue weighted by atomic mass is 10.1. The number of aryl methyl sites for hydroxylation is 1. The van der Waals surface area contributed by atoms with Crippen LogP contribution in [0.3, 0.4) is 0 Å². The Balaban J connectivity index is 2.47. The zero-order valence-corrected chi connectivity index (χ0v) is 11.9. The normalized spacial score (nSPS) is 10.7. The van der Waals surface area contributed by atoms with Crippen molar-refractivity contribution in [3.05, 3.63) is 34.7 Å². The molecule has 0 fully saturated rings. The minimum absolute atomic E-state index is 0.0971. The van der Waals surface area contributed by atoms with Gasteiger partial charge in [-0.1, -0.05) is 15.9 Å². The average molecular weight is 311 g/mol. The molecule has 5 heteroatoms. The zero-order chi connectivity index (χ0) is 13.1. The van der Waals surface area contributed by atoms with Crippen molar-refractivity contribution >= 4 is 15.9 Å². The van der Waals surface area contributed by atoms with Gasteiger partial charge >= 0.3 is 0 Å². The fourth-order valence-electron chi connectivity index (χ4n) is 1.85. The van der Waals surface area contributed by atoms with Crippen LogP contribution in [0, 0.1) is 0 Å². The van der Waals surface area contributed by atoms with E-state index in [0.717, 1.165) is 27.3 Å². The first-order valence-corrected chi connectivity index (χ1v) is 6.42. The van der Waals surface area contributed by atoms with Crippen molar-refractivity contribution in [1.29, 1.82) is 0 Å². The van der Waals surface area contributed by atoms with Crippen molar-refractivity contribution < 1.29 is 9.84 Å². The third-order valence-corrected chi connectivity index (χ3v) is 3.24. The molecular weight excluding hydrogens is 296 g/mol. The quantitative estimate of drug-likeness (QED) is 0.943. The second kappa shape index (κ2) is 5.54. The van der Waals surface area contributed by atoms with Crippen LogP contribution in [0.25, 0.3) is 11.3 Å². The van der Waals surface area contributed by atoms with E-state index in [1.54, 1.807) is 7.11 Å². The van der Waals surface area contributed by atoms with Crippen LogP contribution in [0.15, 0.2) is 28.9 Å². The van der Waals surface area contributed by atoms with Gasteiger partial charge in [0.05, 0.1) is 19.4 Å². The smallest absolute Gasteiger partial charge is 0.128 e. The highest BCUT2D eigenvalue weighted by Crippen LogP contribution is 2.31. The number of imidazole rings is 1. The van der Waals surface area contributed by atoms with Gasteiger partial charge in [-0.15, -0.1) is 0 Å². The fourth-order valence-corrected chi connectivity index (χ4v) is 2.21. The van der Waals surface area contributed by atoms with E-state index in [2.05, 4.69) is 20.9 Å². The molecule has 1 heterocycles. The molecule has 0 bridgehead atoms. The van der Waals surface area contributed by atoms with E-state index in [4.69, 9.17) is 9.84 Å². The Kier molecular flexibility index (Phi) is 4.04. The van der Waals surface area contributed by atoms with Crippen molar-refractivity contribution in [3.8, 4) is 17.0 Å². The van der Waals surface area contributed by atoms with Crippen LogP contribution in [-0.4, -0.2) is 28.4 Å². The number of nitrogens with zero attached hydrogens (tertiary/aromatic N) is 2. The van der Waals surface area contributed by atoms with Crippen molar-refractivity contribution in [2.45, 2.75) is 6.42 Å². The molecule has 18 heavy (non-hydrogen) atoms. The van der Waals surface area contributed by atoms with Crippen molar-refractivity contribution in [2.75, 3.05) is 13.7 Å². The van der Waals surface area contributed by atoms with E-state index in [0.29, 0.717) is 6.42 Å². The van der Waals surface area contributed by atoms with Gasteiger partial charge in [-0.3, -0.25) is 0 Å². The van der Waals surface area contributed by atoms with Crippen LogP contribution in [-0.2, 0) is 13.5 Å². The maximum Gasteiger partial charge on any atom is 0.128 e. The maximum atomic E-state index is 8.98. The van der Waals surface area contributed by atoms with Crippen molar-refractivity contribution in [1.82, 2.24) is 9.55 Å². The predicted octanol–water partition coefficient (Wildman–Crippen LogP) is 2.39. The second-order valence-electron chi connectivity index (χ2n) is 3.97. The van der Waals surface area contributed by atoms with Crippen LogP contribution >= 0.6 is 15.9 Å². The van der Waals surface area contributed by atoms with E-state index in [9.17, 15) is 0 Å². The third kappa shape index (κ3) is 2.57. The number of aliphatic hydroxyl groups is 1. The summed E-state index contributed by atoms with van der Waals surface area (Å²) in [6, 6.07) is 5.81. The molecule has 0 aliphatic carbocycles. The van der Waals surface area contributed by atoms with Gasteiger partial charge in [-0.2, -0.15) is 0 Å². The Bertz CT molecular complexity index is 552. The molecule has 1 aromatic carbocycles. The SMILES string of the molecule is COc1ccc(Br)cc1-c1cn(C)c(CCO)n1. The van der Waals surface area contributed by atoms with Crippen molar-refractivity contribution in [3.63, 3.8) is 0 Å². The summed E-state index contributed by atoms with van der Waals surface area (Å²) in [4.78, 5) is 4.52. The van der Waals surface area contributed by atoms with Crippen LogP contribution in [0.4, 0.5) is 0 Å². The standard InChI is InChI=1S/C13H15BrN2O2/c1-16-8-11(15-13(16)5-6-17)10-7-9(14)3-4-12(10)18-2/h3-4,7-8,17H,5-6H2,1-2H3. The Morgan fingerprint density at radius 2 is 2.22 bits per heavy atom. The molecule has 1 N–H and O–H groups in total. The number of ether oxygens (including phenoxy) is 1. The van der Waals surface area contributed by atoms with Crippen LogP contribution in [0.2, 0.25) is 0 Å². The molecule has 0 atom stereocenters. The average Bonchev–Trinajstić information content (AvgIpc) is 2.71. The minimum atomic E-state index is 0.0971. The molecule has 1 aromatic heterocycles. The minimum Gasteiger partial charge on any atom is -0.496 e. The summed E-state index contributed by atoms with van der Waals surface area (Å²) >= 11 is 3.45. The lowest BCUT2D eigenvalue weighted by Crippen LogP contribution is -1.99. The Morgan fingerprint density at radius 1 is 1.44 bits per heavy atom. The van der Waals surface area contributed by atoms with Gasteiger partial charge in [0.15, 0.2) is 0 Å². The van der Waals surface area contributed by atoms with Gasteiger partial charge in [0.1, 0.15) is 11.6 Å². The number of rotatable bonds is 4. The number of methoxy groups -OCH3 is 1. The molecule has 0 radical (unpaired) electrons. The second-order valence-corrected chi connectivity index (χ2v) is 4.89. The molecule has 0 spiro atoms. The maximum absolute atomic E-state index is 8.98. The van der Waals surface area contributed by atoms with Gasteiger partial charge in [-0.05, 0) is 18.2 Å². The molecule has 0 saturated carbocycles. The molecular formula is C13H15BrN2O2. The Morgan fingerprint density at radius 3 is 2.89 bits per heavy atom. The lowest BCUT2D eigenvalue weighted by Gasteiger charge is -2.06.